The zero-order valence-electron chi connectivity index (χ0n) is 5.49. The monoisotopic (exact) mass is 118 g/mol. The van der Waals surface area contributed by atoms with E-state index in [0.29, 0.717) is 0 Å². The summed E-state index contributed by atoms with van der Waals surface area (Å²) in [6.45, 7) is 6.27. The highest BCUT2D eigenvalue weighted by molar-refractivity contribution is 7.47. The van der Waals surface area contributed by atoms with Crippen molar-refractivity contribution in [3.63, 3.8) is 0 Å². The van der Waals surface area contributed by atoms with Gasteiger partial charge in [-0.25, -0.2) is 0 Å². The molecule has 1 heterocycles. The van der Waals surface area contributed by atoms with Crippen LogP contribution in [0.15, 0.2) is 0 Å². The summed E-state index contributed by atoms with van der Waals surface area (Å²) in [7, 11) is 1.32. The lowest BCUT2D eigenvalue weighted by molar-refractivity contribution is 0.980. The van der Waals surface area contributed by atoms with Crippen LogP contribution in [-0.2, 0) is 0 Å². The Morgan fingerprint density at radius 3 is 2.00 bits per heavy atom. The van der Waals surface area contributed by atoms with Crippen LogP contribution < -0.4 is 0 Å². The van der Waals surface area contributed by atoms with E-state index in [4.69, 9.17) is 0 Å². The second-order valence-electron chi connectivity index (χ2n) is 1.51. The first-order valence-electron chi connectivity index (χ1n) is 3.17. The van der Waals surface area contributed by atoms with E-state index < -0.39 is 0 Å². The summed E-state index contributed by atoms with van der Waals surface area (Å²) in [5, 5.41) is 0. The molecule has 0 bridgehead atoms. The van der Waals surface area contributed by atoms with E-state index in [2.05, 4.69) is 6.92 Å². The summed E-state index contributed by atoms with van der Waals surface area (Å²) in [5.74, 6) is 0. The highest BCUT2D eigenvalue weighted by Crippen LogP contribution is 2.40. The summed E-state index contributed by atoms with van der Waals surface area (Å²) in [6.07, 6.45) is 2.97. The molecule has 0 saturated carbocycles. The molecule has 2 atom stereocenters. The van der Waals surface area contributed by atoms with E-state index in [0.717, 1.165) is 5.66 Å². The molecule has 0 radical (unpaired) electrons. The lowest BCUT2D eigenvalue weighted by atomic mass is 10.4. The Morgan fingerprint density at radius 2 is 2.00 bits per heavy atom. The molecule has 1 fully saturated rings. The third kappa shape index (κ3) is 4.28. The van der Waals surface area contributed by atoms with Gasteiger partial charge in [0.05, 0.1) is 0 Å². The van der Waals surface area contributed by atoms with Crippen molar-refractivity contribution in [2.24, 2.45) is 0 Å². The van der Waals surface area contributed by atoms with Gasteiger partial charge in [-0.15, -0.1) is 8.58 Å². The highest BCUT2D eigenvalue weighted by Gasteiger charge is 2.17. The number of rotatable bonds is 1. The van der Waals surface area contributed by atoms with Crippen molar-refractivity contribution in [3.05, 3.63) is 0 Å². The van der Waals surface area contributed by atoms with Gasteiger partial charge >= 0.3 is 0 Å². The van der Waals surface area contributed by atoms with Crippen molar-refractivity contribution in [2.45, 2.75) is 32.9 Å². The number of hydrogen-bond acceptors (Lipinski definition) is 0. The van der Waals surface area contributed by atoms with E-state index in [1.54, 1.807) is 0 Å². The molecular weight excluding hydrogens is 103 g/mol. The van der Waals surface area contributed by atoms with Crippen LogP contribution in [0.4, 0.5) is 0 Å². The van der Waals surface area contributed by atoms with Crippen molar-refractivity contribution < 1.29 is 0 Å². The Balaban J connectivity index is 0.000000162. The third-order valence-corrected chi connectivity index (χ3v) is 2.38. The van der Waals surface area contributed by atoms with Gasteiger partial charge in [-0.05, 0) is 18.2 Å². The lowest BCUT2D eigenvalue weighted by Gasteiger charge is -1.72. The molecule has 1 aliphatic heterocycles. The Labute approximate surface area is 48.5 Å². The van der Waals surface area contributed by atoms with Crippen LogP contribution in [0.1, 0.15) is 27.2 Å². The van der Waals surface area contributed by atoms with Crippen LogP contribution in [0.2, 0.25) is 0 Å². The van der Waals surface area contributed by atoms with Gasteiger partial charge in [0.1, 0.15) is 0 Å². The molecule has 1 rings (SSSR count). The van der Waals surface area contributed by atoms with E-state index in [9.17, 15) is 0 Å². The van der Waals surface area contributed by atoms with E-state index in [-0.39, 0.29) is 0 Å². The Kier molecular flexibility index (Phi) is 4.87. The maximum Gasteiger partial charge on any atom is -0.0202 e. The molecule has 0 aromatic carbocycles. The molecular formula is C6H15P. The third-order valence-electron chi connectivity index (χ3n) is 0.986. The SMILES string of the molecule is CC.CCC1CP1. The van der Waals surface area contributed by atoms with E-state index >= 15 is 0 Å². The maximum atomic E-state index is 2.27. The minimum atomic E-state index is 1.16. The first kappa shape index (κ1) is 7.43. The predicted octanol–water partition coefficient (Wildman–Crippen LogP) is 2.48. The first-order valence-corrected chi connectivity index (χ1v) is 4.45. The highest BCUT2D eigenvalue weighted by atomic mass is 31.1. The molecule has 0 nitrogen and oxygen atoms in total. The minimum Gasteiger partial charge on any atom is -0.118 e. The standard InChI is InChI=1S/C4H9P.C2H6/c1-2-4-3-5-4;1-2/h4-5H,2-3H2,1H3;1-2H3. The van der Waals surface area contributed by atoms with Crippen LogP contribution in [0, 0.1) is 0 Å². The van der Waals surface area contributed by atoms with Crippen LogP contribution in [0.25, 0.3) is 0 Å². The average Bonchev–Trinajstić information content (AvgIpc) is 2.52. The van der Waals surface area contributed by atoms with Crippen LogP contribution >= 0.6 is 8.58 Å². The van der Waals surface area contributed by atoms with Crippen LogP contribution in [0.3, 0.4) is 0 Å². The van der Waals surface area contributed by atoms with Crippen molar-refractivity contribution in [1.82, 2.24) is 0 Å². The summed E-state index contributed by atoms with van der Waals surface area (Å²) < 4.78 is 0. The minimum absolute atomic E-state index is 1.16. The predicted molar refractivity (Wildman–Crippen MR) is 38.6 cm³/mol. The fourth-order valence-electron chi connectivity index (χ4n) is 0.372. The molecule has 0 aliphatic carbocycles. The van der Waals surface area contributed by atoms with E-state index in [1.165, 1.54) is 21.2 Å². The van der Waals surface area contributed by atoms with Gasteiger partial charge in [0, 0.05) is 0 Å². The van der Waals surface area contributed by atoms with Gasteiger partial charge in [0.15, 0.2) is 0 Å². The van der Waals surface area contributed by atoms with Gasteiger partial charge in [0.25, 0.3) is 0 Å². The molecule has 0 aromatic heterocycles. The van der Waals surface area contributed by atoms with Gasteiger partial charge < -0.3 is 0 Å². The largest absolute Gasteiger partial charge is 0.118 e. The molecule has 0 amide bonds. The molecule has 1 aliphatic rings. The fraction of sp³-hybridized carbons (Fsp3) is 1.00. The van der Waals surface area contributed by atoms with Crippen LogP contribution in [-0.4, -0.2) is 11.8 Å². The topological polar surface area (TPSA) is 0 Å². The Hall–Kier alpha value is 0.430. The molecule has 0 N–H and O–H groups in total. The second-order valence-corrected chi connectivity index (χ2v) is 3.15. The van der Waals surface area contributed by atoms with Gasteiger partial charge in [0.2, 0.25) is 0 Å². The summed E-state index contributed by atoms with van der Waals surface area (Å²) in [4.78, 5) is 0. The zero-order chi connectivity index (χ0) is 5.70. The molecule has 0 aromatic rings. The molecule has 0 spiro atoms. The molecule has 2 unspecified atom stereocenters. The fourth-order valence-corrected chi connectivity index (χ4v) is 1.12. The second kappa shape index (κ2) is 4.59. The molecule has 1 heteroatoms. The van der Waals surface area contributed by atoms with Crippen LogP contribution in [0.5, 0.6) is 0 Å². The summed E-state index contributed by atoms with van der Waals surface area (Å²) in [5.41, 5.74) is 1.16. The number of hydrogen-bond donors (Lipinski definition) is 0. The van der Waals surface area contributed by atoms with Gasteiger partial charge in [-0.2, -0.15) is 0 Å². The van der Waals surface area contributed by atoms with Crippen molar-refractivity contribution >= 4 is 8.58 Å². The first-order chi connectivity index (χ1) is 3.43. The summed E-state index contributed by atoms with van der Waals surface area (Å²) in [6, 6.07) is 0. The van der Waals surface area contributed by atoms with Gasteiger partial charge in [-0.3, -0.25) is 0 Å². The normalized spacial score (nSPS) is 28.7. The van der Waals surface area contributed by atoms with Crippen molar-refractivity contribution in [2.75, 3.05) is 6.16 Å². The van der Waals surface area contributed by atoms with Gasteiger partial charge in [-0.1, -0.05) is 20.8 Å². The van der Waals surface area contributed by atoms with E-state index in [1.807, 2.05) is 13.8 Å². The Bertz CT molecular complexity index is 31.2. The average molecular weight is 118 g/mol. The smallest absolute Gasteiger partial charge is 0.0202 e. The molecule has 7 heavy (non-hydrogen) atoms. The summed E-state index contributed by atoms with van der Waals surface area (Å²) >= 11 is 0. The Morgan fingerprint density at radius 1 is 1.57 bits per heavy atom. The molecule has 44 valence electrons. The van der Waals surface area contributed by atoms with Crippen molar-refractivity contribution in [3.8, 4) is 0 Å². The lowest BCUT2D eigenvalue weighted by Crippen LogP contribution is -1.70. The zero-order valence-corrected chi connectivity index (χ0v) is 6.49. The quantitative estimate of drug-likeness (QED) is 0.464. The van der Waals surface area contributed by atoms with Crippen molar-refractivity contribution in [1.29, 1.82) is 0 Å². The maximum absolute atomic E-state index is 2.27. The molecule has 1 saturated heterocycles.